The summed E-state index contributed by atoms with van der Waals surface area (Å²) in [5.41, 5.74) is 0.951. The van der Waals surface area contributed by atoms with Crippen LogP contribution in [0.25, 0.3) is 0 Å². The largest absolute Gasteiger partial charge is 0.344 e. The first-order chi connectivity index (χ1) is 8.66. The number of carbonyl (C=O) groups is 1. The average molecular weight is 263 g/mol. The summed E-state index contributed by atoms with van der Waals surface area (Å²) < 4.78 is 0. The Morgan fingerprint density at radius 3 is 2.72 bits per heavy atom. The van der Waals surface area contributed by atoms with E-state index in [-0.39, 0.29) is 5.91 Å². The van der Waals surface area contributed by atoms with Crippen LogP contribution >= 0.6 is 12.2 Å². The van der Waals surface area contributed by atoms with Crippen molar-refractivity contribution in [2.45, 2.75) is 6.42 Å². The molecule has 4 nitrogen and oxygen atoms in total. The van der Waals surface area contributed by atoms with Gasteiger partial charge in [-0.25, -0.2) is 0 Å². The van der Waals surface area contributed by atoms with Gasteiger partial charge in [-0.1, -0.05) is 18.2 Å². The Kier molecular flexibility index (Phi) is 4.15. The van der Waals surface area contributed by atoms with Crippen LogP contribution < -0.4 is 5.32 Å². The molecule has 1 saturated heterocycles. The van der Waals surface area contributed by atoms with E-state index in [9.17, 15) is 4.79 Å². The van der Waals surface area contributed by atoms with Gasteiger partial charge in [0.25, 0.3) is 0 Å². The number of thiocarbonyl (C=S) groups is 1. The van der Waals surface area contributed by atoms with E-state index >= 15 is 0 Å². The third-order valence-corrected chi connectivity index (χ3v) is 3.35. The van der Waals surface area contributed by atoms with Gasteiger partial charge in [0.1, 0.15) is 0 Å². The molecule has 0 radical (unpaired) electrons. The second-order valence-corrected chi connectivity index (χ2v) is 4.77. The number of nitrogens with one attached hydrogen (secondary N) is 1. The fourth-order valence-electron chi connectivity index (χ4n) is 1.88. The van der Waals surface area contributed by atoms with Gasteiger partial charge in [0.15, 0.2) is 5.11 Å². The topological polar surface area (TPSA) is 35.6 Å². The lowest BCUT2D eigenvalue weighted by molar-refractivity contribution is -0.129. The zero-order chi connectivity index (χ0) is 13.0. The number of para-hydroxylation sites is 1. The molecule has 0 unspecified atom stereocenters. The fraction of sp³-hybridized carbons (Fsp3) is 0.385. The van der Waals surface area contributed by atoms with Gasteiger partial charge in [0, 0.05) is 25.8 Å². The smallest absolute Gasteiger partial charge is 0.241 e. The maximum Gasteiger partial charge on any atom is 0.241 e. The Morgan fingerprint density at radius 1 is 1.28 bits per heavy atom. The Balaban J connectivity index is 1.98. The van der Waals surface area contributed by atoms with Crippen LogP contribution in [-0.2, 0) is 4.79 Å². The minimum Gasteiger partial charge on any atom is -0.344 e. The summed E-state index contributed by atoms with van der Waals surface area (Å²) in [6.45, 7) is 1.97. The van der Waals surface area contributed by atoms with E-state index in [0.29, 0.717) is 11.7 Å². The van der Waals surface area contributed by atoms with Gasteiger partial charge in [-0.2, -0.15) is 0 Å². The lowest BCUT2D eigenvalue weighted by atomic mass is 10.3. The molecule has 5 heteroatoms. The van der Waals surface area contributed by atoms with Crippen molar-refractivity contribution in [3.05, 3.63) is 30.3 Å². The number of amides is 1. The first-order valence-corrected chi connectivity index (χ1v) is 6.42. The van der Waals surface area contributed by atoms with E-state index in [2.05, 4.69) is 5.32 Å². The molecule has 1 N–H and O–H groups in total. The van der Waals surface area contributed by atoms with Crippen LogP contribution in [0.3, 0.4) is 0 Å². The van der Waals surface area contributed by atoms with Crippen LogP contribution in [0.1, 0.15) is 6.42 Å². The molecule has 0 bridgehead atoms. The van der Waals surface area contributed by atoms with Gasteiger partial charge in [-0.3, -0.25) is 4.79 Å². The molecule has 1 fully saturated rings. The molecule has 18 heavy (non-hydrogen) atoms. The predicted molar refractivity (Wildman–Crippen MR) is 76.5 cm³/mol. The third kappa shape index (κ3) is 3.20. The number of nitrogens with zero attached hydrogens (tertiary/aromatic N) is 2. The molecule has 1 amide bonds. The molecular weight excluding hydrogens is 246 g/mol. The molecule has 1 heterocycles. The van der Waals surface area contributed by atoms with Gasteiger partial charge >= 0.3 is 0 Å². The second-order valence-electron chi connectivity index (χ2n) is 4.39. The predicted octanol–water partition coefficient (Wildman–Crippen LogP) is 1.55. The summed E-state index contributed by atoms with van der Waals surface area (Å²) in [4.78, 5) is 15.5. The highest BCUT2D eigenvalue weighted by Gasteiger charge is 2.20. The third-order valence-electron chi connectivity index (χ3n) is 2.99. The minimum atomic E-state index is 0.115. The summed E-state index contributed by atoms with van der Waals surface area (Å²) in [6.07, 6.45) is 0.943. The fourth-order valence-corrected chi connectivity index (χ4v) is 2.16. The van der Waals surface area contributed by atoms with Crippen molar-refractivity contribution in [1.29, 1.82) is 0 Å². The molecule has 1 aliphatic rings. The van der Waals surface area contributed by atoms with E-state index < -0.39 is 0 Å². The van der Waals surface area contributed by atoms with Crippen LogP contribution in [0.2, 0.25) is 0 Å². The maximum atomic E-state index is 11.8. The molecule has 2 rings (SSSR count). The van der Waals surface area contributed by atoms with Crippen molar-refractivity contribution >= 4 is 28.9 Å². The average Bonchev–Trinajstić information content (AvgIpc) is 2.53. The van der Waals surface area contributed by atoms with Crippen LogP contribution in [0.5, 0.6) is 0 Å². The number of likely N-dealkylation sites (N-methyl/N-ethyl adjacent to an activating group) is 1. The van der Waals surface area contributed by atoms with Crippen molar-refractivity contribution in [3.8, 4) is 0 Å². The number of carbonyl (C=O) groups excluding carboxylic acids is 1. The van der Waals surface area contributed by atoms with Gasteiger partial charge in [0.2, 0.25) is 5.91 Å². The second kappa shape index (κ2) is 5.82. The van der Waals surface area contributed by atoms with Crippen LogP contribution in [-0.4, -0.2) is 47.5 Å². The number of hydrogen-bond donors (Lipinski definition) is 1. The molecule has 0 aliphatic carbocycles. The van der Waals surface area contributed by atoms with E-state index in [4.69, 9.17) is 12.2 Å². The maximum absolute atomic E-state index is 11.8. The highest BCUT2D eigenvalue weighted by atomic mass is 32.1. The SMILES string of the molecule is CN1CCCN(C(=S)Nc2ccccc2)CC1=O. The first kappa shape index (κ1) is 12.8. The molecule has 1 aromatic carbocycles. The quantitative estimate of drug-likeness (QED) is 0.780. The molecule has 0 aromatic heterocycles. The molecular formula is C13H17N3OS. The summed E-state index contributed by atoms with van der Waals surface area (Å²) in [7, 11) is 1.83. The number of hydrogen-bond acceptors (Lipinski definition) is 2. The van der Waals surface area contributed by atoms with Crippen molar-refractivity contribution in [2.75, 3.05) is 32.0 Å². The Labute approximate surface area is 113 Å². The Hall–Kier alpha value is -1.62. The van der Waals surface area contributed by atoms with Crippen molar-refractivity contribution in [3.63, 3.8) is 0 Å². The highest BCUT2D eigenvalue weighted by molar-refractivity contribution is 7.80. The van der Waals surface area contributed by atoms with Crippen LogP contribution in [0.15, 0.2) is 30.3 Å². The Morgan fingerprint density at radius 2 is 2.00 bits per heavy atom. The molecule has 0 spiro atoms. The van der Waals surface area contributed by atoms with Crippen LogP contribution in [0, 0.1) is 0 Å². The Bertz CT molecular complexity index is 435. The van der Waals surface area contributed by atoms with Gasteiger partial charge in [-0.15, -0.1) is 0 Å². The highest BCUT2D eigenvalue weighted by Crippen LogP contribution is 2.09. The standard InChI is InChI=1S/C13H17N3OS/c1-15-8-5-9-16(10-12(15)17)13(18)14-11-6-3-2-4-7-11/h2-4,6-7H,5,8-10H2,1H3,(H,14,18). The van der Waals surface area contributed by atoms with E-state index in [1.54, 1.807) is 4.90 Å². The number of rotatable bonds is 1. The molecule has 0 saturated carbocycles. The van der Waals surface area contributed by atoms with Gasteiger partial charge in [0.05, 0.1) is 6.54 Å². The number of anilines is 1. The molecule has 96 valence electrons. The van der Waals surface area contributed by atoms with Gasteiger partial charge in [-0.05, 0) is 30.8 Å². The van der Waals surface area contributed by atoms with E-state index in [1.165, 1.54) is 0 Å². The summed E-state index contributed by atoms with van der Waals surface area (Å²) in [5, 5.41) is 3.78. The molecule has 1 aliphatic heterocycles. The zero-order valence-electron chi connectivity index (χ0n) is 10.4. The normalized spacial score (nSPS) is 16.4. The first-order valence-electron chi connectivity index (χ1n) is 6.02. The molecule has 1 aromatic rings. The molecule has 0 atom stereocenters. The van der Waals surface area contributed by atoms with E-state index in [0.717, 1.165) is 25.2 Å². The monoisotopic (exact) mass is 263 g/mol. The zero-order valence-corrected chi connectivity index (χ0v) is 11.2. The summed E-state index contributed by atoms with van der Waals surface area (Å²) in [6, 6.07) is 9.77. The van der Waals surface area contributed by atoms with Crippen molar-refractivity contribution < 1.29 is 4.79 Å². The van der Waals surface area contributed by atoms with Gasteiger partial charge < -0.3 is 15.1 Å². The van der Waals surface area contributed by atoms with Crippen molar-refractivity contribution in [1.82, 2.24) is 9.80 Å². The lowest BCUT2D eigenvalue weighted by Crippen LogP contribution is -2.40. The number of benzene rings is 1. The van der Waals surface area contributed by atoms with E-state index in [1.807, 2.05) is 42.3 Å². The van der Waals surface area contributed by atoms with Crippen molar-refractivity contribution in [2.24, 2.45) is 0 Å². The minimum absolute atomic E-state index is 0.115. The summed E-state index contributed by atoms with van der Waals surface area (Å²) >= 11 is 5.35. The lowest BCUT2D eigenvalue weighted by Gasteiger charge is -2.23. The summed E-state index contributed by atoms with van der Waals surface area (Å²) in [5.74, 6) is 0.115. The van der Waals surface area contributed by atoms with Crippen LogP contribution in [0.4, 0.5) is 5.69 Å².